The highest BCUT2D eigenvalue weighted by molar-refractivity contribution is 6.30. The topological polar surface area (TPSA) is 99.1 Å². The van der Waals surface area contributed by atoms with Gasteiger partial charge in [-0.2, -0.15) is 0 Å². The van der Waals surface area contributed by atoms with Gasteiger partial charge in [-0.25, -0.2) is 19.2 Å². The van der Waals surface area contributed by atoms with E-state index in [-0.39, 0.29) is 28.0 Å². The Bertz CT molecular complexity index is 1640. The maximum Gasteiger partial charge on any atom is 0.337 e. The van der Waals surface area contributed by atoms with E-state index in [1.165, 1.54) is 6.07 Å². The number of benzene rings is 1. The Labute approximate surface area is 261 Å². The molecule has 2 aliphatic heterocycles. The van der Waals surface area contributed by atoms with E-state index >= 15 is 0 Å². The lowest BCUT2D eigenvalue weighted by Crippen LogP contribution is -2.61. The molecular weight excluding hydrogens is 585 g/mol. The number of rotatable bonds is 5. The van der Waals surface area contributed by atoms with Gasteiger partial charge in [-0.15, -0.1) is 0 Å². The third-order valence-electron chi connectivity index (χ3n) is 9.53. The second kappa shape index (κ2) is 11.0. The maximum absolute atomic E-state index is 14.5. The molecule has 3 aliphatic rings. The molecule has 2 aromatic heterocycles. The first-order valence-corrected chi connectivity index (χ1v) is 15.3. The number of carboxylic acid groups (broad SMARTS) is 1. The molecular formula is C33H37ClFN5O4. The summed E-state index contributed by atoms with van der Waals surface area (Å²) in [4.78, 5) is 41.4. The molecule has 11 heteroatoms. The van der Waals surface area contributed by atoms with Gasteiger partial charge in [0.25, 0.3) is 5.91 Å². The number of aromatic nitrogens is 2. The van der Waals surface area contributed by atoms with Gasteiger partial charge in [0.1, 0.15) is 17.3 Å². The number of aryl methyl sites for hydroxylation is 2. The smallest absolute Gasteiger partial charge is 0.337 e. The molecule has 1 aliphatic carbocycles. The second-order valence-electron chi connectivity index (χ2n) is 12.9. The van der Waals surface area contributed by atoms with Gasteiger partial charge in [0.2, 0.25) is 0 Å². The first-order valence-electron chi connectivity index (χ1n) is 14.9. The number of anilines is 3. The van der Waals surface area contributed by atoms with Crippen LogP contribution in [0.2, 0.25) is 5.02 Å². The molecule has 1 spiro atoms. The molecule has 9 nitrogen and oxygen atoms in total. The van der Waals surface area contributed by atoms with E-state index < -0.39 is 17.3 Å². The first kappa shape index (κ1) is 30.3. The van der Waals surface area contributed by atoms with Crippen molar-refractivity contribution in [2.24, 2.45) is 0 Å². The van der Waals surface area contributed by atoms with Gasteiger partial charge >= 0.3 is 5.97 Å². The molecule has 1 saturated carbocycles. The minimum Gasteiger partial charge on any atom is -0.478 e. The van der Waals surface area contributed by atoms with Crippen LogP contribution in [0.1, 0.15) is 70.9 Å². The number of pyridine rings is 2. The van der Waals surface area contributed by atoms with Crippen molar-refractivity contribution >= 4 is 40.7 Å². The van der Waals surface area contributed by atoms with Crippen molar-refractivity contribution in [3.8, 4) is 0 Å². The van der Waals surface area contributed by atoms with Crippen LogP contribution < -0.4 is 9.80 Å². The van der Waals surface area contributed by atoms with Gasteiger partial charge < -0.3 is 24.5 Å². The zero-order valence-electron chi connectivity index (χ0n) is 25.7. The maximum atomic E-state index is 14.5. The highest BCUT2D eigenvalue weighted by Gasteiger charge is 2.50. The number of methoxy groups -OCH3 is 1. The third kappa shape index (κ3) is 5.07. The number of hydrogen-bond donors (Lipinski definition) is 1. The normalized spacial score (nSPS) is 22.5. The summed E-state index contributed by atoms with van der Waals surface area (Å²) in [5.74, 6) is -0.911. The molecule has 0 radical (unpaired) electrons. The van der Waals surface area contributed by atoms with Gasteiger partial charge in [0, 0.05) is 44.4 Å². The number of nitrogens with zero attached hydrogens (tertiary/aromatic N) is 5. The Morgan fingerprint density at radius 2 is 1.86 bits per heavy atom. The number of carbonyl (C=O) groups is 2. The number of fused-ring (bicyclic) bond motifs is 2. The summed E-state index contributed by atoms with van der Waals surface area (Å²) in [5.41, 5.74) is 3.27. The summed E-state index contributed by atoms with van der Waals surface area (Å²) in [6.07, 6.45) is 2.59. The fourth-order valence-corrected chi connectivity index (χ4v) is 7.44. The lowest BCUT2D eigenvalue weighted by molar-refractivity contribution is 0.0506. The molecule has 0 bridgehead atoms. The SMILES string of the molecule is CO[C@@H]1CC[C@]2(C1)CN(c1ccc(Cl)c(F)c1)c1ccc(C(=O)N3CCN(c4cc(C)c(C(=O)O)c(C)n4)CC3(C)C)nc12. The molecule has 3 aromatic rings. The summed E-state index contributed by atoms with van der Waals surface area (Å²) in [5, 5.41) is 9.62. The van der Waals surface area contributed by atoms with Crippen LogP contribution in [-0.2, 0) is 10.2 Å². The van der Waals surface area contributed by atoms with Crippen LogP contribution in [0.3, 0.4) is 0 Å². The van der Waals surface area contributed by atoms with Crippen LogP contribution >= 0.6 is 11.6 Å². The molecule has 1 N–H and O–H groups in total. The molecule has 2 fully saturated rings. The van der Waals surface area contributed by atoms with E-state index in [9.17, 15) is 19.1 Å². The molecule has 1 amide bonds. The predicted octanol–water partition coefficient (Wildman–Crippen LogP) is 5.91. The zero-order valence-corrected chi connectivity index (χ0v) is 26.4. The average molecular weight is 622 g/mol. The van der Waals surface area contributed by atoms with Crippen molar-refractivity contribution in [2.45, 2.75) is 64.0 Å². The molecule has 6 rings (SSSR count). The minimum absolute atomic E-state index is 0.0725. The summed E-state index contributed by atoms with van der Waals surface area (Å²) in [6, 6.07) is 10.3. The standard InChI is InChI=1S/C33H37ClFN5O4/c1-19-14-27(36-20(2)28(19)31(42)43)38-12-13-40(32(3,4)17-38)30(41)25-8-9-26-29(37-25)33(11-10-22(16-33)44-5)18-39(26)21-6-7-23(34)24(35)15-21/h6-9,14-15,22H,10-13,16-18H2,1-5H3,(H,42,43)/t22-,33+/m1/s1. The predicted molar refractivity (Wildman–Crippen MR) is 167 cm³/mol. The van der Waals surface area contributed by atoms with E-state index in [2.05, 4.69) is 14.8 Å². The number of carbonyl (C=O) groups excluding carboxylic acids is 1. The van der Waals surface area contributed by atoms with Crippen molar-refractivity contribution in [1.29, 1.82) is 0 Å². The van der Waals surface area contributed by atoms with E-state index in [1.54, 1.807) is 39.2 Å². The third-order valence-corrected chi connectivity index (χ3v) is 9.83. The molecule has 1 saturated heterocycles. The van der Waals surface area contributed by atoms with E-state index in [4.69, 9.17) is 21.3 Å². The Morgan fingerprint density at radius 1 is 1.09 bits per heavy atom. The van der Waals surface area contributed by atoms with Gasteiger partial charge in [-0.3, -0.25) is 4.79 Å². The van der Waals surface area contributed by atoms with E-state index in [0.717, 1.165) is 30.6 Å². The molecule has 232 valence electrons. The Kier molecular flexibility index (Phi) is 7.57. The average Bonchev–Trinajstić information content (AvgIpc) is 3.54. The van der Waals surface area contributed by atoms with Crippen LogP contribution in [0.5, 0.6) is 0 Å². The Balaban J connectivity index is 1.29. The van der Waals surface area contributed by atoms with Crippen LogP contribution in [0.25, 0.3) is 0 Å². The minimum atomic E-state index is -0.989. The molecule has 0 unspecified atom stereocenters. The van der Waals surface area contributed by atoms with Gasteiger partial charge in [-0.1, -0.05) is 11.6 Å². The number of amides is 1. The number of hydrogen-bond acceptors (Lipinski definition) is 7. The Hall–Kier alpha value is -3.76. The van der Waals surface area contributed by atoms with Crippen molar-refractivity contribution in [3.63, 3.8) is 0 Å². The highest BCUT2D eigenvalue weighted by Crippen LogP contribution is 2.52. The van der Waals surface area contributed by atoms with Crippen molar-refractivity contribution in [3.05, 3.63) is 75.4 Å². The van der Waals surface area contributed by atoms with Crippen LogP contribution in [0.15, 0.2) is 36.4 Å². The number of carboxylic acids is 1. The molecule has 2 atom stereocenters. The van der Waals surface area contributed by atoms with Crippen LogP contribution in [-0.4, -0.2) is 76.8 Å². The fraction of sp³-hybridized carbons (Fsp3) is 0.455. The lowest BCUT2D eigenvalue weighted by Gasteiger charge is -2.47. The van der Waals surface area contributed by atoms with Crippen molar-refractivity contribution < 1.29 is 23.8 Å². The van der Waals surface area contributed by atoms with E-state index in [0.29, 0.717) is 54.6 Å². The number of halogens is 2. The van der Waals surface area contributed by atoms with Crippen molar-refractivity contribution in [1.82, 2.24) is 14.9 Å². The lowest BCUT2D eigenvalue weighted by atomic mass is 9.84. The van der Waals surface area contributed by atoms with E-state index in [1.807, 2.05) is 30.9 Å². The summed E-state index contributed by atoms with van der Waals surface area (Å²) >= 11 is 5.98. The van der Waals surface area contributed by atoms with Crippen LogP contribution in [0.4, 0.5) is 21.6 Å². The molecule has 44 heavy (non-hydrogen) atoms. The van der Waals surface area contributed by atoms with Gasteiger partial charge in [0.05, 0.1) is 39.3 Å². The zero-order chi connectivity index (χ0) is 31.6. The fourth-order valence-electron chi connectivity index (χ4n) is 7.32. The summed E-state index contributed by atoms with van der Waals surface area (Å²) in [6.45, 7) is 9.68. The summed E-state index contributed by atoms with van der Waals surface area (Å²) in [7, 11) is 1.72. The number of piperazine rings is 1. The van der Waals surface area contributed by atoms with Gasteiger partial charge in [0.15, 0.2) is 0 Å². The highest BCUT2D eigenvalue weighted by atomic mass is 35.5. The molecule has 4 heterocycles. The first-order chi connectivity index (χ1) is 20.8. The quantitative estimate of drug-likeness (QED) is 0.375. The monoisotopic (exact) mass is 621 g/mol. The summed E-state index contributed by atoms with van der Waals surface area (Å²) < 4.78 is 20.2. The Morgan fingerprint density at radius 3 is 2.50 bits per heavy atom. The number of aromatic carboxylic acids is 1. The second-order valence-corrected chi connectivity index (χ2v) is 13.3. The largest absolute Gasteiger partial charge is 0.478 e. The van der Waals surface area contributed by atoms with Crippen molar-refractivity contribution in [2.75, 3.05) is 43.1 Å². The number of ether oxygens (including phenoxy) is 1. The molecule has 1 aromatic carbocycles. The van der Waals surface area contributed by atoms with Gasteiger partial charge in [-0.05, 0) is 88.9 Å². The van der Waals surface area contributed by atoms with Crippen LogP contribution in [0, 0.1) is 19.7 Å².